The highest BCUT2D eigenvalue weighted by Gasteiger charge is 2.64. The second kappa shape index (κ2) is 7.66. The molecule has 172 valence electrons. The van der Waals surface area contributed by atoms with Crippen molar-refractivity contribution in [2.75, 3.05) is 0 Å². The van der Waals surface area contributed by atoms with E-state index in [1.54, 1.807) is 0 Å². The predicted molar refractivity (Wildman–Crippen MR) is 131 cm³/mol. The van der Waals surface area contributed by atoms with Gasteiger partial charge in [0.2, 0.25) is 0 Å². The summed E-state index contributed by atoms with van der Waals surface area (Å²) in [5.41, 5.74) is 4.00. The van der Waals surface area contributed by atoms with Gasteiger partial charge in [-0.3, -0.25) is 0 Å². The summed E-state index contributed by atoms with van der Waals surface area (Å²) in [5, 5.41) is 0. The molecule has 0 unspecified atom stereocenters. The summed E-state index contributed by atoms with van der Waals surface area (Å²) in [6.45, 7) is 20.7. The molecule has 4 rings (SSSR count). The lowest BCUT2D eigenvalue weighted by Crippen LogP contribution is -2.55. The van der Waals surface area contributed by atoms with Crippen LogP contribution in [0.4, 0.5) is 0 Å². The molecule has 0 spiro atoms. The maximum Gasteiger partial charge on any atom is -0.00568 e. The Morgan fingerprint density at radius 3 is 2.33 bits per heavy atom. The fourth-order valence-electron chi connectivity index (χ4n) is 9.81. The fraction of sp³-hybridized carbons (Fsp3) is 0.933. The Kier molecular flexibility index (Phi) is 5.85. The van der Waals surface area contributed by atoms with Crippen molar-refractivity contribution < 1.29 is 0 Å². The van der Waals surface area contributed by atoms with Gasteiger partial charge in [-0.05, 0) is 96.2 Å². The lowest BCUT2D eigenvalue weighted by molar-refractivity contribution is -0.0799. The van der Waals surface area contributed by atoms with E-state index in [0.29, 0.717) is 21.7 Å². The maximum atomic E-state index is 2.81. The Morgan fingerprint density at radius 2 is 1.63 bits per heavy atom. The molecule has 0 radical (unpaired) electrons. The molecule has 7 atom stereocenters. The van der Waals surface area contributed by atoms with E-state index in [9.17, 15) is 0 Å². The number of rotatable bonds is 5. The molecule has 0 heteroatoms. The standard InChI is InChI=1S/C30H52/c1-21(2)11-9-12-22(3)23-15-19-30(8)25-13-14-26-27(4,5)17-10-18-28(26,6)24(25)16-20-29(23,30)7/h13,21-24,26H,9-12,14-20H2,1-8H3/t22-,23+,24+,26+,28-,29+,30-/m1/s1. The summed E-state index contributed by atoms with van der Waals surface area (Å²) in [4.78, 5) is 0. The van der Waals surface area contributed by atoms with Gasteiger partial charge in [0.05, 0.1) is 0 Å². The van der Waals surface area contributed by atoms with Crippen molar-refractivity contribution in [3.63, 3.8) is 0 Å². The molecule has 0 bridgehead atoms. The zero-order valence-electron chi connectivity index (χ0n) is 21.7. The highest BCUT2D eigenvalue weighted by Crippen LogP contribution is 2.73. The average molecular weight is 413 g/mol. The molecule has 3 saturated carbocycles. The van der Waals surface area contributed by atoms with Crippen molar-refractivity contribution in [1.29, 1.82) is 0 Å². The first-order valence-electron chi connectivity index (χ1n) is 13.7. The van der Waals surface area contributed by atoms with Crippen LogP contribution in [0.5, 0.6) is 0 Å². The molecule has 3 fully saturated rings. The van der Waals surface area contributed by atoms with Gasteiger partial charge in [-0.15, -0.1) is 0 Å². The number of hydrogen-bond acceptors (Lipinski definition) is 0. The second-order valence-corrected chi connectivity index (χ2v) is 14.1. The first kappa shape index (κ1) is 22.9. The minimum absolute atomic E-state index is 0.461. The van der Waals surface area contributed by atoms with Crippen LogP contribution in [0.1, 0.15) is 126 Å². The lowest BCUT2D eigenvalue weighted by atomic mass is 9.41. The zero-order chi connectivity index (χ0) is 21.9. The quantitative estimate of drug-likeness (QED) is 0.394. The third-order valence-electron chi connectivity index (χ3n) is 11.8. The Balaban J connectivity index is 1.59. The van der Waals surface area contributed by atoms with Gasteiger partial charge in [0, 0.05) is 0 Å². The van der Waals surface area contributed by atoms with Crippen molar-refractivity contribution in [3.8, 4) is 0 Å². The monoisotopic (exact) mass is 412 g/mol. The van der Waals surface area contributed by atoms with Crippen molar-refractivity contribution in [2.45, 2.75) is 126 Å². The SMILES string of the molecule is CC(C)CCC[C@@H](C)[C@@H]1CC[C@]2(C)C3=CC[C@H]4C(C)(C)CCC[C@]4(C)[C@H]3CC[C@@]12C. The Labute approximate surface area is 189 Å². The van der Waals surface area contributed by atoms with Crippen molar-refractivity contribution in [2.24, 2.45) is 51.2 Å². The summed E-state index contributed by atoms with van der Waals surface area (Å²) in [6.07, 6.45) is 18.7. The summed E-state index contributed by atoms with van der Waals surface area (Å²) in [6, 6.07) is 0. The number of fused-ring (bicyclic) bond motifs is 5. The molecule has 0 saturated heterocycles. The molecule has 0 aromatic heterocycles. The molecule has 0 heterocycles. The third-order valence-corrected chi connectivity index (χ3v) is 11.8. The van der Waals surface area contributed by atoms with E-state index >= 15 is 0 Å². The Bertz CT molecular complexity index is 668. The third kappa shape index (κ3) is 3.28. The predicted octanol–water partition coefficient (Wildman–Crippen LogP) is 9.44. The van der Waals surface area contributed by atoms with Gasteiger partial charge < -0.3 is 0 Å². The van der Waals surface area contributed by atoms with Crippen LogP contribution < -0.4 is 0 Å². The lowest BCUT2D eigenvalue weighted by Gasteiger charge is -2.63. The molecule has 0 aromatic rings. The highest BCUT2D eigenvalue weighted by molar-refractivity contribution is 5.33. The van der Waals surface area contributed by atoms with Crippen molar-refractivity contribution in [3.05, 3.63) is 11.6 Å². The van der Waals surface area contributed by atoms with E-state index in [0.717, 1.165) is 29.6 Å². The largest absolute Gasteiger partial charge is 0.0841 e. The van der Waals surface area contributed by atoms with Crippen LogP contribution in [-0.2, 0) is 0 Å². The van der Waals surface area contributed by atoms with E-state index in [2.05, 4.69) is 61.5 Å². The van der Waals surface area contributed by atoms with Crippen LogP contribution in [0.25, 0.3) is 0 Å². The van der Waals surface area contributed by atoms with E-state index in [1.165, 1.54) is 70.6 Å². The minimum atomic E-state index is 0.461. The van der Waals surface area contributed by atoms with Crippen LogP contribution in [0, 0.1) is 51.2 Å². The number of hydrogen-bond donors (Lipinski definition) is 0. The summed E-state index contributed by atoms with van der Waals surface area (Å²) < 4.78 is 0. The van der Waals surface area contributed by atoms with E-state index < -0.39 is 0 Å². The summed E-state index contributed by atoms with van der Waals surface area (Å²) in [5.74, 6) is 4.45. The van der Waals surface area contributed by atoms with E-state index in [4.69, 9.17) is 0 Å². The van der Waals surface area contributed by atoms with Gasteiger partial charge >= 0.3 is 0 Å². The minimum Gasteiger partial charge on any atom is -0.0841 e. The van der Waals surface area contributed by atoms with Gasteiger partial charge in [0.1, 0.15) is 0 Å². The number of allylic oxidation sites excluding steroid dienone is 2. The van der Waals surface area contributed by atoms with Gasteiger partial charge in [-0.25, -0.2) is 0 Å². The Hall–Kier alpha value is -0.260. The van der Waals surface area contributed by atoms with Crippen molar-refractivity contribution >= 4 is 0 Å². The van der Waals surface area contributed by atoms with Crippen LogP contribution in [0.2, 0.25) is 0 Å². The maximum absolute atomic E-state index is 2.81. The molecular formula is C30H52. The van der Waals surface area contributed by atoms with Gasteiger partial charge in [-0.1, -0.05) is 92.7 Å². The van der Waals surface area contributed by atoms with Crippen LogP contribution in [-0.4, -0.2) is 0 Å². The highest BCUT2D eigenvalue weighted by atomic mass is 14.7. The fourth-order valence-corrected chi connectivity index (χ4v) is 9.81. The summed E-state index contributed by atoms with van der Waals surface area (Å²) in [7, 11) is 0. The average Bonchev–Trinajstić information content (AvgIpc) is 2.92. The molecule has 0 aromatic carbocycles. The first-order valence-corrected chi connectivity index (χ1v) is 13.7. The van der Waals surface area contributed by atoms with E-state index in [-0.39, 0.29) is 0 Å². The smallest absolute Gasteiger partial charge is 0.00568 e. The zero-order valence-corrected chi connectivity index (χ0v) is 21.7. The van der Waals surface area contributed by atoms with Crippen LogP contribution in [0.15, 0.2) is 11.6 Å². The molecule has 4 aliphatic rings. The topological polar surface area (TPSA) is 0 Å². The Morgan fingerprint density at radius 1 is 0.900 bits per heavy atom. The van der Waals surface area contributed by atoms with Crippen LogP contribution >= 0.6 is 0 Å². The molecule has 0 aliphatic heterocycles. The second-order valence-electron chi connectivity index (χ2n) is 14.1. The van der Waals surface area contributed by atoms with E-state index in [1.807, 2.05) is 5.57 Å². The van der Waals surface area contributed by atoms with Crippen LogP contribution in [0.3, 0.4) is 0 Å². The molecule has 30 heavy (non-hydrogen) atoms. The molecular weight excluding hydrogens is 360 g/mol. The van der Waals surface area contributed by atoms with Gasteiger partial charge in [0.25, 0.3) is 0 Å². The molecule has 4 aliphatic carbocycles. The van der Waals surface area contributed by atoms with Gasteiger partial charge in [-0.2, -0.15) is 0 Å². The van der Waals surface area contributed by atoms with Crippen molar-refractivity contribution in [1.82, 2.24) is 0 Å². The summed E-state index contributed by atoms with van der Waals surface area (Å²) >= 11 is 0. The van der Waals surface area contributed by atoms with Gasteiger partial charge in [0.15, 0.2) is 0 Å². The normalized spacial score (nSPS) is 46.0. The molecule has 0 nitrogen and oxygen atoms in total. The molecule has 0 N–H and O–H groups in total. The molecule has 0 amide bonds. The first-order chi connectivity index (χ1) is 14.0.